The molecule has 25 heavy (non-hydrogen) atoms. The molecule has 0 radical (unpaired) electrons. The summed E-state index contributed by atoms with van der Waals surface area (Å²) in [7, 11) is 0. The van der Waals surface area contributed by atoms with Crippen molar-refractivity contribution in [1.82, 2.24) is 9.78 Å². The molecule has 4 rings (SSSR count). The van der Waals surface area contributed by atoms with Crippen LogP contribution in [0.5, 0.6) is 0 Å². The molecule has 1 heterocycles. The summed E-state index contributed by atoms with van der Waals surface area (Å²) in [6.07, 6.45) is 8.09. The van der Waals surface area contributed by atoms with E-state index in [9.17, 15) is 0 Å². The van der Waals surface area contributed by atoms with Crippen LogP contribution in [0.25, 0.3) is 29.0 Å². The van der Waals surface area contributed by atoms with Crippen LogP contribution in [0.4, 0.5) is 0 Å². The minimum Gasteiger partial charge on any atom is -0.240 e. The maximum atomic E-state index is 4.47. The van der Waals surface area contributed by atoms with Crippen LogP contribution in [0, 0.1) is 0 Å². The Kier molecular flexibility index (Phi) is 4.25. The second-order valence-corrected chi connectivity index (χ2v) is 5.80. The van der Waals surface area contributed by atoms with E-state index in [1.165, 1.54) is 16.7 Å². The normalized spacial score (nSPS) is 11.0. The Morgan fingerprint density at radius 2 is 1.44 bits per heavy atom. The van der Waals surface area contributed by atoms with E-state index < -0.39 is 0 Å². The lowest BCUT2D eigenvalue weighted by molar-refractivity contribution is 0.880. The van der Waals surface area contributed by atoms with Gasteiger partial charge in [-0.05, 0) is 17.2 Å². The highest BCUT2D eigenvalue weighted by atomic mass is 15.3. The van der Waals surface area contributed by atoms with Crippen LogP contribution in [0.1, 0.15) is 11.1 Å². The predicted octanol–water partition coefficient (Wildman–Crippen LogP) is 5.71. The lowest BCUT2D eigenvalue weighted by Crippen LogP contribution is -2.00. The largest absolute Gasteiger partial charge is 0.240 e. The molecule has 1 aromatic heterocycles. The Labute approximate surface area is 147 Å². The van der Waals surface area contributed by atoms with Gasteiger partial charge in [-0.15, -0.1) is 0 Å². The molecule has 4 aromatic rings. The van der Waals surface area contributed by atoms with E-state index in [2.05, 4.69) is 84.0 Å². The fraction of sp³-hybridized carbons (Fsp3) is 0. The number of hydrogen-bond acceptors (Lipinski definition) is 1. The van der Waals surface area contributed by atoms with E-state index in [0.717, 1.165) is 11.3 Å². The van der Waals surface area contributed by atoms with Crippen molar-refractivity contribution in [3.8, 4) is 16.8 Å². The van der Waals surface area contributed by atoms with Crippen LogP contribution >= 0.6 is 0 Å². The molecular weight excluding hydrogens is 304 g/mol. The SMILES string of the molecule is C(=Cc1cccc(-c2ccccc2)c1-n1cccn1)c1ccccc1. The van der Waals surface area contributed by atoms with Gasteiger partial charge in [0, 0.05) is 23.5 Å². The van der Waals surface area contributed by atoms with Gasteiger partial charge in [-0.2, -0.15) is 5.10 Å². The first kappa shape index (κ1) is 15.2. The summed E-state index contributed by atoms with van der Waals surface area (Å²) in [5.41, 5.74) is 5.75. The van der Waals surface area contributed by atoms with Gasteiger partial charge in [0.05, 0.1) is 5.69 Å². The van der Waals surface area contributed by atoms with Crippen molar-refractivity contribution in [3.05, 3.63) is 108 Å². The third-order valence-electron chi connectivity index (χ3n) is 4.14. The molecule has 0 atom stereocenters. The average Bonchev–Trinajstić information content (AvgIpc) is 3.22. The Bertz CT molecular complexity index is 969. The fourth-order valence-corrected chi connectivity index (χ4v) is 2.95. The minimum atomic E-state index is 1.09. The van der Waals surface area contributed by atoms with Gasteiger partial charge in [0.25, 0.3) is 0 Å². The lowest BCUT2D eigenvalue weighted by Gasteiger charge is -2.13. The van der Waals surface area contributed by atoms with Gasteiger partial charge in [0.15, 0.2) is 0 Å². The summed E-state index contributed by atoms with van der Waals surface area (Å²) in [5, 5.41) is 4.47. The highest BCUT2D eigenvalue weighted by Gasteiger charge is 2.10. The zero-order valence-corrected chi connectivity index (χ0v) is 13.8. The molecular formula is C23H18N2. The van der Waals surface area contributed by atoms with Crippen molar-refractivity contribution >= 4 is 12.2 Å². The lowest BCUT2D eigenvalue weighted by atomic mass is 9.99. The highest BCUT2D eigenvalue weighted by Crippen LogP contribution is 2.30. The first-order valence-corrected chi connectivity index (χ1v) is 8.33. The first-order valence-electron chi connectivity index (χ1n) is 8.33. The van der Waals surface area contributed by atoms with Gasteiger partial charge in [0.1, 0.15) is 0 Å². The number of hydrogen-bond donors (Lipinski definition) is 0. The zero-order valence-electron chi connectivity index (χ0n) is 13.8. The maximum absolute atomic E-state index is 4.47. The molecule has 0 saturated carbocycles. The van der Waals surface area contributed by atoms with Crippen LogP contribution < -0.4 is 0 Å². The van der Waals surface area contributed by atoms with Crippen molar-refractivity contribution in [2.75, 3.05) is 0 Å². The van der Waals surface area contributed by atoms with Crippen molar-refractivity contribution < 1.29 is 0 Å². The monoisotopic (exact) mass is 322 g/mol. The van der Waals surface area contributed by atoms with Crippen molar-refractivity contribution in [3.63, 3.8) is 0 Å². The van der Waals surface area contributed by atoms with Gasteiger partial charge >= 0.3 is 0 Å². The molecule has 0 fully saturated rings. The number of benzene rings is 3. The maximum Gasteiger partial charge on any atom is 0.0796 e. The van der Waals surface area contributed by atoms with E-state index in [4.69, 9.17) is 0 Å². The van der Waals surface area contributed by atoms with Crippen molar-refractivity contribution in [2.45, 2.75) is 0 Å². The van der Waals surface area contributed by atoms with E-state index in [0.29, 0.717) is 0 Å². The second-order valence-electron chi connectivity index (χ2n) is 5.80. The summed E-state index contributed by atoms with van der Waals surface area (Å²) in [5.74, 6) is 0. The van der Waals surface area contributed by atoms with E-state index >= 15 is 0 Å². The summed E-state index contributed by atoms with van der Waals surface area (Å²) >= 11 is 0. The van der Waals surface area contributed by atoms with Crippen molar-refractivity contribution in [2.24, 2.45) is 0 Å². The molecule has 120 valence electrons. The van der Waals surface area contributed by atoms with Crippen LogP contribution in [-0.2, 0) is 0 Å². The first-order chi connectivity index (χ1) is 12.4. The Hall–Kier alpha value is -3.39. The predicted molar refractivity (Wildman–Crippen MR) is 104 cm³/mol. The van der Waals surface area contributed by atoms with Crippen molar-refractivity contribution in [1.29, 1.82) is 0 Å². The molecule has 0 aliphatic heterocycles. The third-order valence-corrected chi connectivity index (χ3v) is 4.14. The van der Waals surface area contributed by atoms with Crippen LogP contribution in [0.15, 0.2) is 97.3 Å². The molecule has 0 unspecified atom stereocenters. The van der Waals surface area contributed by atoms with E-state index in [1.54, 1.807) is 0 Å². The smallest absolute Gasteiger partial charge is 0.0796 e. The second kappa shape index (κ2) is 7.02. The molecule has 2 heteroatoms. The molecule has 0 aliphatic rings. The summed E-state index contributed by atoms with van der Waals surface area (Å²) < 4.78 is 1.94. The topological polar surface area (TPSA) is 17.8 Å². The van der Waals surface area contributed by atoms with Crippen LogP contribution in [0.2, 0.25) is 0 Å². The van der Waals surface area contributed by atoms with Gasteiger partial charge in [-0.3, -0.25) is 0 Å². The fourth-order valence-electron chi connectivity index (χ4n) is 2.95. The highest BCUT2D eigenvalue weighted by molar-refractivity contribution is 5.82. The Morgan fingerprint density at radius 1 is 0.680 bits per heavy atom. The van der Waals surface area contributed by atoms with Gasteiger partial charge in [0.2, 0.25) is 0 Å². The molecule has 0 spiro atoms. The van der Waals surface area contributed by atoms with E-state index in [-0.39, 0.29) is 0 Å². The van der Waals surface area contributed by atoms with Crippen LogP contribution in [-0.4, -0.2) is 9.78 Å². The van der Waals surface area contributed by atoms with Gasteiger partial charge < -0.3 is 0 Å². The minimum absolute atomic E-state index is 1.09. The standard InChI is InChI=1S/C23H18N2/c1-3-9-19(10-4-1)15-16-21-13-7-14-22(20-11-5-2-6-12-20)23(21)25-18-8-17-24-25/h1-18H. The van der Waals surface area contributed by atoms with E-state index in [1.807, 2.05) is 35.3 Å². The molecule has 0 amide bonds. The quantitative estimate of drug-likeness (QED) is 0.440. The number of rotatable bonds is 4. The third kappa shape index (κ3) is 3.29. The number of para-hydroxylation sites is 1. The molecule has 0 bridgehead atoms. The number of nitrogens with zero attached hydrogens (tertiary/aromatic N) is 2. The zero-order chi connectivity index (χ0) is 16.9. The Morgan fingerprint density at radius 3 is 2.16 bits per heavy atom. The van der Waals surface area contributed by atoms with Gasteiger partial charge in [-0.25, -0.2) is 4.68 Å². The van der Waals surface area contributed by atoms with Crippen LogP contribution in [0.3, 0.4) is 0 Å². The molecule has 0 N–H and O–H groups in total. The molecule has 3 aromatic carbocycles. The van der Waals surface area contributed by atoms with Gasteiger partial charge in [-0.1, -0.05) is 91.0 Å². The summed E-state index contributed by atoms with van der Waals surface area (Å²) in [4.78, 5) is 0. The number of aromatic nitrogens is 2. The molecule has 0 saturated heterocycles. The summed E-state index contributed by atoms with van der Waals surface area (Å²) in [6.45, 7) is 0. The molecule has 0 aliphatic carbocycles. The Balaban J connectivity index is 1.86. The summed E-state index contributed by atoms with van der Waals surface area (Å²) in [6, 6.07) is 29.1. The average molecular weight is 322 g/mol. The molecule has 2 nitrogen and oxygen atoms in total.